The van der Waals surface area contributed by atoms with E-state index in [0.29, 0.717) is 28.7 Å². The number of esters is 1. The topological polar surface area (TPSA) is 104 Å². The maximum atomic E-state index is 12.6. The maximum absolute atomic E-state index is 12.6. The predicted octanol–water partition coefficient (Wildman–Crippen LogP) is 4.27. The molecule has 8 nitrogen and oxygen atoms in total. The number of benzene rings is 1. The lowest BCUT2D eigenvalue weighted by Crippen LogP contribution is -2.07. The lowest BCUT2D eigenvalue weighted by molar-refractivity contribution is 0.0437. The fourth-order valence-corrected chi connectivity index (χ4v) is 2.87. The largest absolute Gasteiger partial charge is 0.466 e. The Morgan fingerprint density at radius 3 is 2.54 bits per heavy atom. The van der Waals surface area contributed by atoms with Crippen LogP contribution in [-0.2, 0) is 11.3 Å². The first-order chi connectivity index (χ1) is 13.5. The van der Waals surface area contributed by atoms with Crippen molar-refractivity contribution in [2.24, 2.45) is 0 Å². The number of carbonyl (C=O) groups excluding carboxylic acids is 1. The molecule has 3 aromatic heterocycles. The molecule has 142 valence electrons. The molecule has 0 bridgehead atoms. The molecule has 4 rings (SSSR count). The molecule has 0 saturated heterocycles. The summed E-state index contributed by atoms with van der Waals surface area (Å²) in [5.74, 6) is 1.71. The average Bonchev–Trinajstić information content (AvgIpc) is 3.39. The zero-order chi connectivity index (χ0) is 19.7. The Morgan fingerprint density at radius 1 is 1.04 bits per heavy atom. The quantitative estimate of drug-likeness (QED) is 0.474. The fourth-order valence-electron chi connectivity index (χ4n) is 2.87. The smallest absolute Gasteiger partial charge is 0.344 e. The number of carbonyl (C=O) groups is 1. The zero-order valence-corrected chi connectivity index (χ0v) is 15.6. The molecule has 1 aromatic carbocycles. The summed E-state index contributed by atoms with van der Waals surface area (Å²) in [6, 6.07) is 11.1. The van der Waals surface area contributed by atoms with Crippen molar-refractivity contribution in [3.63, 3.8) is 0 Å². The van der Waals surface area contributed by atoms with Crippen LogP contribution in [0.3, 0.4) is 0 Å². The molecular formula is C20H17N3O5. The van der Waals surface area contributed by atoms with E-state index >= 15 is 0 Å². The molecule has 0 radical (unpaired) electrons. The van der Waals surface area contributed by atoms with Crippen molar-refractivity contribution >= 4 is 5.97 Å². The summed E-state index contributed by atoms with van der Waals surface area (Å²) in [6.45, 7) is 5.14. The third-order valence-corrected chi connectivity index (χ3v) is 4.18. The highest BCUT2D eigenvalue weighted by Crippen LogP contribution is 2.27. The van der Waals surface area contributed by atoms with Crippen LogP contribution in [0.2, 0.25) is 0 Å². The summed E-state index contributed by atoms with van der Waals surface area (Å²) in [7, 11) is 0. The third kappa shape index (κ3) is 3.32. The Morgan fingerprint density at radius 2 is 1.82 bits per heavy atom. The van der Waals surface area contributed by atoms with E-state index < -0.39 is 5.97 Å². The van der Waals surface area contributed by atoms with Crippen molar-refractivity contribution in [3.05, 3.63) is 65.1 Å². The van der Waals surface area contributed by atoms with Crippen molar-refractivity contribution in [2.45, 2.75) is 27.4 Å². The van der Waals surface area contributed by atoms with Crippen LogP contribution in [0.15, 0.2) is 49.8 Å². The minimum Gasteiger partial charge on any atom is -0.466 e. The molecule has 0 amide bonds. The van der Waals surface area contributed by atoms with Crippen LogP contribution in [0.1, 0.15) is 33.5 Å². The van der Waals surface area contributed by atoms with E-state index in [-0.39, 0.29) is 18.1 Å². The number of aryl methyl sites for hydroxylation is 3. The Bertz CT molecular complexity index is 1120. The van der Waals surface area contributed by atoms with Gasteiger partial charge in [0.05, 0.1) is 5.56 Å². The molecule has 0 saturated carbocycles. The molecule has 0 atom stereocenters. The van der Waals surface area contributed by atoms with Gasteiger partial charge in [0.25, 0.3) is 11.8 Å². The van der Waals surface area contributed by atoms with Gasteiger partial charge < -0.3 is 18.1 Å². The highest BCUT2D eigenvalue weighted by molar-refractivity contribution is 5.97. The van der Waals surface area contributed by atoms with Gasteiger partial charge in [0, 0.05) is 5.56 Å². The minimum atomic E-state index is -0.576. The van der Waals surface area contributed by atoms with Gasteiger partial charge in [-0.15, -0.1) is 10.2 Å². The first kappa shape index (κ1) is 17.7. The van der Waals surface area contributed by atoms with Gasteiger partial charge >= 0.3 is 5.97 Å². The molecule has 0 aliphatic heterocycles. The van der Waals surface area contributed by atoms with Gasteiger partial charge in [0.15, 0.2) is 6.61 Å². The van der Waals surface area contributed by atoms with Gasteiger partial charge in [-0.3, -0.25) is 0 Å². The number of rotatable bonds is 5. The Balaban J connectivity index is 1.50. The van der Waals surface area contributed by atoms with E-state index in [0.717, 1.165) is 11.3 Å². The molecule has 3 heterocycles. The second-order valence-electron chi connectivity index (χ2n) is 6.23. The second kappa shape index (κ2) is 7.15. The third-order valence-electron chi connectivity index (χ3n) is 4.18. The molecule has 8 heteroatoms. The molecule has 0 aliphatic carbocycles. The Hall–Kier alpha value is -3.68. The summed E-state index contributed by atoms with van der Waals surface area (Å²) in [5.41, 5.74) is 2.17. The van der Waals surface area contributed by atoms with E-state index in [4.69, 9.17) is 18.1 Å². The summed E-state index contributed by atoms with van der Waals surface area (Å²) < 4.78 is 21.6. The monoisotopic (exact) mass is 379 g/mol. The van der Waals surface area contributed by atoms with Crippen molar-refractivity contribution in [1.82, 2.24) is 15.4 Å². The molecule has 0 N–H and O–H groups in total. The molecule has 0 unspecified atom stereocenters. The number of nitrogens with zero attached hydrogens (tertiary/aromatic N) is 3. The van der Waals surface area contributed by atoms with Crippen LogP contribution in [0.4, 0.5) is 0 Å². The van der Waals surface area contributed by atoms with Crippen LogP contribution in [0.5, 0.6) is 0 Å². The SMILES string of the molecule is Cc1cc(-c2nnc(COC(=O)c3c(-c4ccccc4)noc3C)o2)c(C)o1. The van der Waals surface area contributed by atoms with E-state index in [1.165, 1.54) is 0 Å². The highest BCUT2D eigenvalue weighted by atomic mass is 16.5. The summed E-state index contributed by atoms with van der Waals surface area (Å²) in [5, 5.41) is 11.9. The van der Waals surface area contributed by atoms with Crippen LogP contribution >= 0.6 is 0 Å². The van der Waals surface area contributed by atoms with Gasteiger partial charge in [-0.2, -0.15) is 0 Å². The van der Waals surface area contributed by atoms with Crippen LogP contribution < -0.4 is 0 Å². The molecule has 28 heavy (non-hydrogen) atoms. The number of hydrogen-bond donors (Lipinski definition) is 0. The lowest BCUT2D eigenvalue weighted by atomic mass is 10.1. The number of ether oxygens (including phenoxy) is 1. The van der Waals surface area contributed by atoms with Crippen LogP contribution in [-0.4, -0.2) is 21.3 Å². The van der Waals surface area contributed by atoms with Gasteiger partial charge in [-0.1, -0.05) is 35.5 Å². The fraction of sp³-hybridized carbons (Fsp3) is 0.200. The average molecular weight is 379 g/mol. The summed E-state index contributed by atoms with van der Waals surface area (Å²) in [6.07, 6.45) is 0. The van der Waals surface area contributed by atoms with E-state index in [2.05, 4.69) is 15.4 Å². The van der Waals surface area contributed by atoms with Crippen LogP contribution in [0, 0.1) is 20.8 Å². The van der Waals surface area contributed by atoms with E-state index in [9.17, 15) is 4.79 Å². The van der Waals surface area contributed by atoms with Crippen molar-refractivity contribution in [2.75, 3.05) is 0 Å². The zero-order valence-electron chi connectivity index (χ0n) is 15.6. The standard InChI is InChI=1S/C20H17N3O5/c1-11-9-15(12(2)26-11)19-22-21-16(27-19)10-25-20(24)17-13(3)28-23-18(17)14-7-5-4-6-8-14/h4-9H,10H2,1-3H3. The number of furan rings is 1. The molecule has 0 spiro atoms. The number of aromatic nitrogens is 3. The maximum Gasteiger partial charge on any atom is 0.344 e. The Labute approximate surface area is 160 Å². The molecular weight excluding hydrogens is 362 g/mol. The van der Waals surface area contributed by atoms with Crippen LogP contribution in [0.25, 0.3) is 22.7 Å². The molecule has 4 aromatic rings. The first-order valence-corrected chi connectivity index (χ1v) is 8.61. The summed E-state index contributed by atoms with van der Waals surface area (Å²) >= 11 is 0. The van der Waals surface area contributed by atoms with Crippen molar-refractivity contribution < 1.29 is 22.9 Å². The highest BCUT2D eigenvalue weighted by Gasteiger charge is 2.24. The first-order valence-electron chi connectivity index (χ1n) is 8.61. The van der Waals surface area contributed by atoms with Gasteiger partial charge in [-0.25, -0.2) is 4.79 Å². The minimum absolute atomic E-state index is 0.166. The van der Waals surface area contributed by atoms with Crippen molar-refractivity contribution in [3.8, 4) is 22.7 Å². The van der Waals surface area contributed by atoms with E-state index in [1.54, 1.807) is 6.92 Å². The number of hydrogen-bond acceptors (Lipinski definition) is 8. The molecule has 0 fully saturated rings. The second-order valence-corrected chi connectivity index (χ2v) is 6.23. The van der Waals surface area contributed by atoms with Gasteiger partial charge in [0.1, 0.15) is 28.5 Å². The normalized spacial score (nSPS) is 11.0. The lowest BCUT2D eigenvalue weighted by Gasteiger charge is -2.03. The Kier molecular flexibility index (Phi) is 4.52. The summed E-state index contributed by atoms with van der Waals surface area (Å²) in [4.78, 5) is 12.6. The van der Waals surface area contributed by atoms with Crippen molar-refractivity contribution in [1.29, 1.82) is 0 Å². The predicted molar refractivity (Wildman–Crippen MR) is 97.3 cm³/mol. The molecule has 0 aliphatic rings. The van der Waals surface area contributed by atoms with E-state index in [1.807, 2.05) is 50.2 Å². The van der Waals surface area contributed by atoms with Gasteiger partial charge in [-0.05, 0) is 26.8 Å². The van der Waals surface area contributed by atoms with Gasteiger partial charge in [0.2, 0.25) is 0 Å².